The minimum Gasteiger partial charge on any atom is -0.476 e. The second kappa shape index (κ2) is 13.6. The lowest BCUT2D eigenvalue weighted by Gasteiger charge is -2.38. The summed E-state index contributed by atoms with van der Waals surface area (Å²) in [6, 6.07) is 19.9. The molecule has 0 saturated heterocycles. The van der Waals surface area contributed by atoms with Crippen LogP contribution >= 0.6 is 11.8 Å². The number of anilines is 2. The fraction of sp³-hybridized carbons (Fsp3) is 0.265. The van der Waals surface area contributed by atoms with E-state index in [0.29, 0.717) is 45.6 Å². The highest BCUT2D eigenvalue weighted by Crippen LogP contribution is 2.40. The number of carbonyl (C=O) groups is 1. The summed E-state index contributed by atoms with van der Waals surface area (Å²) in [7, 11) is 3.95. The number of aryl methyl sites for hydroxylation is 1. The summed E-state index contributed by atoms with van der Waals surface area (Å²) in [4.78, 5) is 45.8. The van der Waals surface area contributed by atoms with Gasteiger partial charge in [0.05, 0.1) is 29.3 Å². The van der Waals surface area contributed by atoms with E-state index in [2.05, 4.69) is 15.3 Å². The molecule has 0 radical (unpaired) electrons. The van der Waals surface area contributed by atoms with E-state index in [1.165, 1.54) is 16.3 Å². The van der Waals surface area contributed by atoms with Gasteiger partial charge >= 0.3 is 6.09 Å². The number of likely N-dealkylation sites (N-methyl/N-ethyl adjacent to an activating group) is 1. The predicted octanol–water partition coefficient (Wildman–Crippen LogP) is 5.46. The van der Waals surface area contributed by atoms with Crippen molar-refractivity contribution in [1.82, 2.24) is 24.4 Å². The van der Waals surface area contributed by atoms with Crippen molar-refractivity contribution >= 4 is 40.3 Å². The zero-order chi connectivity index (χ0) is 32.2. The molecule has 11 nitrogen and oxygen atoms in total. The van der Waals surface area contributed by atoms with Crippen molar-refractivity contribution in [3.63, 3.8) is 0 Å². The van der Waals surface area contributed by atoms with Crippen molar-refractivity contribution < 1.29 is 14.3 Å². The van der Waals surface area contributed by atoms with Gasteiger partial charge in [-0.1, -0.05) is 54.2 Å². The number of aromatic nitrogens is 4. The summed E-state index contributed by atoms with van der Waals surface area (Å²) in [6.45, 7) is 3.54. The van der Waals surface area contributed by atoms with Crippen molar-refractivity contribution in [2.75, 3.05) is 50.3 Å². The van der Waals surface area contributed by atoms with E-state index >= 15 is 0 Å². The van der Waals surface area contributed by atoms with Gasteiger partial charge in [-0.05, 0) is 56.6 Å². The monoisotopic (exact) mass is 637 g/mol. The third-order valence-corrected chi connectivity index (χ3v) is 8.30. The Morgan fingerprint density at radius 1 is 1.07 bits per heavy atom. The molecule has 2 aromatic carbocycles. The fourth-order valence-corrected chi connectivity index (χ4v) is 5.77. The van der Waals surface area contributed by atoms with Crippen molar-refractivity contribution in [3.05, 3.63) is 106 Å². The molecular weight excluding hydrogens is 602 g/mol. The minimum absolute atomic E-state index is 0.0966. The molecule has 0 bridgehead atoms. The lowest BCUT2D eigenvalue weighted by Crippen LogP contribution is -2.45. The molecular formula is C34H35N7O4S. The molecule has 1 amide bonds. The van der Waals surface area contributed by atoms with Crippen LogP contribution in [-0.2, 0) is 11.3 Å². The molecule has 0 fully saturated rings. The summed E-state index contributed by atoms with van der Waals surface area (Å²) in [6.07, 6.45) is 4.63. The zero-order valence-electron chi connectivity index (χ0n) is 26.1. The lowest BCUT2D eigenvalue weighted by molar-refractivity contribution is 0.144. The molecule has 1 N–H and O–H groups in total. The van der Waals surface area contributed by atoms with Crippen LogP contribution in [0.2, 0.25) is 0 Å². The molecule has 5 aromatic rings. The number of thioether (sulfide) groups is 1. The molecule has 1 aliphatic heterocycles. The van der Waals surface area contributed by atoms with Crippen LogP contribution in [0.5, 0.6) is 5.88 Å². The van der Waals surface area contributed by atoms with E-state index in [0.717, 1.165) is 23.4 Å². The molecule has 12 heteroatoms. The Bertz CT molecular complexity index is 1920. The molecule has 236 valence electrons. The Kier molecular flexibility index (Phi) is 9.18. The van der Waals surface area contributed by atoms with E-state index in [-0.39, 0.29) is 18.7 Å². The van der Waals surface area contributed by atoms with E-state index in [4.69, 9.17) is 14.5 Å². The Balaban J connectivity index is 1.45. The number of hydrogen-bond acceptors (Lipinski definition) is 10. The summed E-state index contributed by atoms with van der Waals surface area (Å²) in [5, 5.41) is 4.61. The van der Waals surface area contributed by atoms with Crippen LogP contribution < -0.4 is 20.5 Å². The predicted molar refractivity (Wildman–Crippen MR) is 180 cm³/mol. The highest BCUT2D eigenvalue weighted by Gasteiger charge is 2.36. The van der Waals surface area contributed by atoms with E-state index in [1.54, 1.807) is 35.5 Å². The number of ether oxygens (including phenoxy) is 2. The zero-order valence-corrected chi connectivity index (χ0v) is 27.0. The van der Waals surface area contributed by atoms with Gasteiger partial charge in [-0.3, -0.25) is 14.3 Å². The maximum Gasteiger partial charge on any atom is 0.415 e. The second-order valence-corrected chi connectivity index (χ2v) is 11.9. The molecule has 6 rings (SSSR count). The van der Waals surface area contributed by atoms with Crippen LogP contribution in [0.4, 0.5) is 16.2 Å². The van der Waals surface area contributed by atoms with Gasteiger partial charge in [0.25, 0.3) is 5.56 Å². The number of nitrogens with one attached hydrogen (secondary N) is 1. The number of rotatable bonds is 9. The van der Waals surface area contributed by atoms with Crippen LogP contribution in [0.1, 0.15) is 22.7 Å². The lowest BCUT2D eigenvalue weighted by atomic mass is 9.99. The van der Waals surface area contributed by atoms with E-state index < -0.39 is 12.1 Å². The van der Waals surface area contributed by atoms with Gasteiger partial charge in [-0.25, -0.2) is 19.7 Å². The highest BCUT2D eigenvalue weighted by atomic mass is 32.2. The molecule has 0 saturated carbocycles. The maximum atomic E-state index is 14.6. The maximum absolute atomic E-state index is 14.6. The van der Waals surface area contributed by atoms with Crippen LogP contribution in [0.3, 0.4) is 0 Å². The first kappa shape index (κ1) is 31.1. The number of carbonyl (C=O) groups excluding carboxylic acids is 1. The molecule has 1 unspecified atom stereocenters. The third-order valence-electron chi connectivity index (χ3n) is 7.73. The van der Waals surface area contributed by atoms with Crippen molar-refractivity contribution in [1.29, 1.82) is 0 Å². The molecule has 1 atom stereocenters. The van der Waals surface area contributed by atoms with Gasteiger partial charge in [-0.15, -0.1) is 0 Å². The number of para-hydroxylation sites is 1. The van der Waals surface area contributed by atoms with Gasteiger partial charge < -0.3 is 19.7 Å². The van der Waals surface area contributed by atoms with Gasteiger partial charge in [-0.2, -0.15) is 0 Å². The number of pyridine rings is 2. The SMILES string of the molecule is CSc1ncc2cc(C3CNc4cccc(C)c4N3C(=O)OCc3ccccc3)c(=O)n(-c3ccc(OCCN(C)C)nc3)c2n1. The summed E-state index contributed by atoms with van der Waals surface area (Å²) < 4.78 is 13.2. The molecule has 46 heavy (non-hydrogen) atoms. The van der Waals surface area contributed by atoms with Gasteiger partial charge in [0.15, 0.2) is 10.8 Å². The topological polar surface area (TPSA) is 115 Å². The number of benzene rings is 2. The number of fused-ring (bicyclic) bond motifs is 2. The van der Waals surface area contributed by atoms with Crippen molar-refractivity contribution in [2.24, 2.45) is 0 Å². The second-order valence-electron chi connectivity index (χ2n) is 11.2. The Morgan fingerprint density at radius 2 is 1.89 bits per heavy atom. The standard InChI is InChI=1S/C34H35N7O4S/c1-22-9-8-12-27-30(22)41(34(43)45-21-23-10-6-5-7-11-23)28(20-35-27)26-17-24-18-37-33(46-4)38-31(24)40(32(26)42)25-13-14-29(36-19-25)44-16-15-39(2)3/h5-14,17-19,28,35H,15-16,20-21H2,1-4H3. The Labute approximate surface area is 271 Å². The Morgan fingerprint density at radius 3 is 2.63 bits per heavy atom. The smallest absolute Gasteiger partial charge is 0.415 e. The van der Waals surface area contributed by atoms with E-state index in [1.807, 2.05) is 80.7 Å². The van der Waals surface area contributed by atoms with Crippen molar-refractivity contribution in [2.45, 2.75) is 24.7 Å². The van der Waals surface area contributed by atoms with Gasteiger partial charge in [0.2, 0.25) is 5.88 Å². The first-order valence-electron chi connectivity index (χ1n) is 14.9. The normalized spacial score (nSPS) is 14.2. The molecule has 1 aliphatic rings. The first-order valence-corrected chi connectivity index (χ1v) is 16.1. The average Bonchev–Trinajstić information content (AvgIpc) is 3.07. The summed E-state index contributed by atoms with van der Waals surface area (Å²) in [5.41, 5.74) is 4.20. The third kappa shape index (κ3) is 6.40. The van der Waals surface area contributed by atoms with Gasteiger partial charge in [0.1, 0.15) is 13.2 Å². The van der Waals surface area contributed by atoms with E-state index in [9.17, 15) is 9.59 Å². The number of nitrogens with zero attached hydrogens (tertiary/aromatic N) is 6. The molecule has 0 spiro atoms. The molecule has 0 aliphatic carbocycles. The molecule has 4 heterocycles. The van der Waals surface area contributed by atoms with Crippen LogP contribution in [0, 0.1) is 6.92 Å². The van der Waals surface area contributed by atoms with Gasteiger partial charge in [0, 0.05) is 36.3 Å². The fourth-order valence-electron chi connectivity index (χ4n) is 5.43. The van der Waals surface area contributed by atoms with Crippen LogP contribution in [-0.4, -0.2) is 70.6 Å². The molecule has 3 aromatic heterocycles. The van der Waals surface area contributed by atoms with Crippen molar-refractivity contribution in [3.8, 4) is 11.6 Å². The quantitative estimate of drug-likeness (QED) is 0.165. The van der Waals surface area contributed by atoms with Crippen LogP contribution in [0.25, 0.3) is 16.7 Å². The summed E-state index contributed by atoms with van der Waals surface area (Å²) in [5.74, 6) is 0.453. The first-order chi connectivity index (χ1) is 22.3. The average molecular weight is 638 g/mol. The Hall–Kier alpha value is -4.94. The highest BCUT2D eigenvalue weighted by molar-refractivity contribution is 7.98. The largest absolute Gasteiger partial charge is 0.476 e. The number of hydrogen-bond donors (Lipinski definition) is 1. The van der Waals surface area contributed by atoms with Crippen LogP contribution in [0.15, 0.2) is 89.1 Å². The number of amides is 1. The minimum atomic E-state index is -0.693. The summed E-state index contributed by atoms with van der Waals surface area (Å²) >= 11 is 1.38.